The quantitative estimate of drug-likeness (QED) is 0.176. The van der Waals surface area contributed by atoms with Gasteiger partial charge in [0.05, 0.1) is 31.1 Å². The van der Waals surface area contributed by atoms with Crippen LogP contribution in [0.3, 0.4) is 0 Å². The Hall–Kier alpha value is -3.43. The number of nitrogen functional groups attached to an aromatic ring is 2. The number of halogens is 2. The van der Waals surface area contributed by atoms with Gasteiger partial charge in [-0.25, -0.2) is 23.7 Å². The lowest BCUT2D eigenvalue weighted by molar-refractivity contribution is -0.166. The molecule has 3 aliphatic rings. The normalized spacial score (nSPS) is 37.4. The van der Waals surface area contributed by atoms with Crippen LogP contribution in [0, 0.1) is 0 Å². The second kappa shape index (κ2) is 11.4. The van der Waals surface area contributed by atoms with Crippen LogP contribution in [-0.4, -0.2) is 100 Å². The largest absolute Gasteiger partial charge is 0.397 e. The molecule has 0 saturated carbocycles. The number of alkyl halides is 2. The van der Waals surface area contributed by atoms with Crippen molar-refractivity contribution >= 4 is 49.2 Å². The van der Waals surface area contributed by atoms with Gasteiger partial charge in [0.15, 0.2) is 66.6 Å². The number of H-pyrrole nitrogens is 1. The van der Waals surface area contributed by atoms with Gasteiger partial charge in [-0.05, 0) is 6.07 Å². The Kier molecular flexibility index (Phi) is 7.71. The van der Waals surface area contributed by atoms with Crippen molar-refractivity contribution in [2.45, 2.75) is 49.6 Å². The molecule has 0 spiro atoms. The molecule has 7 N–H and O–H groups in total. The molecule has 0 aliphatic carbocycles. The highest BCUT2D eigenvalue weighted by Gasteiger charge is 2.54. The molecule has 3 saturated heterocycles. The van der Waals surface area contributed by atoms with Crippen molar-refractivity contribution in [3.8, 4) is 0 Å². The van der Waals surface area contributed by atoms with Gasteiger partial charge < -0.3 is 40.2 Å². The van der Waals surface area contributed by atoms with Crippen molar-refractivity contribution in [2.75, 3.05) is 30.6 Å². The second-order valence-electron chi connectivity index (χ2n) is 10.5. The van der Waals surface area contributed by atoms with E-state index in [2.05, 4.69) is 24.9 Å². The predicted molar refractivity (Wildman–Crippen MR) is 148 cm³/mol. The van der Waals surface area contributed by atoms with Gasteiger partial charge in [0, 0.05) is 6.20 Å². The molecule has 7 heterocycles. The number of ether oxygens (including phenoxy) is 4. The number of nitrogens with one attached hydrogen (secondary N) is 1. The van der Waals surface area contributed by atoms with E-state index in [0.29, 0.717) is 0 Å². The lowest BCUT2D eigenvalue weighted by Gasteiger charge is -2.26. The summed E-state index contributed by atoms with van der Waals surface area (Å²) in [4.78, 5) is 52.0. The van der Waals surface area contributed by atoms with E-state index in [0.717, 1.165) is 15.5 Å². The number of nitrogens with zero attached hydrogens (tertiary/aromatic N) is 6. The number of imidazole rings is 2. The third-order valence-corrected chi connectivity index (χ3v) is 9.75. The van der Waals surface area contributed by atoms with Gasteiger partial charge in [-0.15, -0.1) is 0 Å². The summed E-state index contributed by atoms with van der Waals surface area (Å²) in [5, 5.41) is 0. The van der Waals surface area contributed by atoms with Crippen LogP contribution in [0.4, 0.5) is 20.4 Å². The molecule has 3 fully saturated rings. The molecule has 0 amide bonds. The standard InChI is InChI=1S/C22H25F2N9O11P2/c23-9-14-21(41-18(9)32-5-28-11-8(25)1-2-27-15(11)32)40-7-46(37,38)43-13-10(24)20(39-3-4-45(35,36)44-14)42-19(13)33-6-29-12-16(33)30-22(26)31-17(12)34/h1-2,5-6,9-10,13-14,18-21H,3-4,7H2,(H2,25,27)(H,35,36)(H,37,38)(H3,26,30,31,34)/t9-,10?,13-,14?,18+,19+,20-,21-/m0/s1. The number of fused-ring (bicyclic) bond motifs is 5. The minimum atomic E-state index is -4.97. The fraction of sp³-hybridized carbons (Fsp3) is 0.500. The van der Waals surface area contributed by atoms with E-state index in [9.17, 15) is 23.7 Å². The first-order valence-electron chi connectivity index (χ1n) is 13.4. The lowest BCUT2D eigenvalue weighted by atomic mass is 10.2. The van der Waals surface area contributed by atoms with Crippen LogP contribution >= 0.6 is 15.2 Å². The monoisotopic (exact) mass is 691 g/mol. The van der Waals surface area contributed by atoms with Crippen molar-refractivity contribution in [3.05, 3.63) is 35.3 Å². The Morgan fingerprint density at radius 3 is 2.37 bits per heavy atom. The van der Waals surface area contributed by atoms with Gasteiger partial charge in [-0.3, -0.25) is 37.1 Å². The number of aromatic amines is 1. The van der Waals surface area contributed by atoms with E-state index in [1.807, 2.05) is 0 Å². The summed E-state index contributed by atoms with van der Waals surface area (Å²) in [5.41, 5.74) is 11.0. The molecule has 4 aromatic rings. The highest BCUT2D eigenvalue weighted by Crippen LogP contribution is 2.53. The number of nitrogens with two attached hydrogens (primary N) is 2. The van der Waals surface area contributed by atoms with E-state index in [-0.39, 0.29) is 34.0 Å². The molecule has 4 unspecified atom stereocenters. The van der Waals surface area contributed by atoms with Gasteiger partial charge >= 0.3 is 15.2 Å². The maximum Gasteiger partial charge on any atom is 0.354 e. The van der Waals surface area contributed by atoms with Crippen LogP contribution in [0.15, 0.2) is 29.7 Å². The summed E-state index contributed by atoms with van der Waals surface area (Å²) in [6.45, 7) is -0.653. The van der Waals surface area contributed by atoms with Gasteiger partial charge in [0.1, 0.15) is 11.6 Å². The molecular formula is C22H25F2N9O11P2. The van der Waals surface area contributed by atoms with Crippen molar-refractivity contribution in [1.82, 2.24) is 34.1 Å². The van der Waals surface area contributed by atoms with Crippen LogP contribution < -0.4 is 17.0 Å². The number of hydrogen-bond acceptors (Lipinski definition) is 15. The third-order valence-electron chi connectivity index (χ3n) is 7.38. The maximum absolute atomic E-state index is 15.9. The fourth-order valence-electron chi connectivity index (χ4n) is 5.31. The van der Waals surface area contributed by atoms with Gasteiger partial charge in [0.2, 0.25) is 5.95 Å². The summed E-state index contributed by atoms with van der Waals surface area (Å²) in [6, 6.07) is 1.47. The predicted octanol–water partition coefficient (Wildman–Crippen LogP) is 0.260. The minimum absolute atomic E-state index is 0.107. The average Bonchev–Trinajstić information content (AvgIpc) is 3.74. The molecule has 3 aliphatic heterocycles. The number of hydrogen-bond donors (Lipinski definition) is 5. The fourth-order valence-corrected chi connectivity index (χ4v) is 7.35. The summed E-state index contributed by atoms with van der Waals surface area (Å²) in [6.07, 6.45) is -13.6. The zero-order valence-corrected chi connectivity index (χ0v) is 24.9. The smallest absolute Gasteiger partial charge is 0.354 e. The first-order chi connectivity index (χ1) is 21.8. The van der Waals surface area contributed by atoms with Crippen molar-refractivity contribution in [1.29, 1.82) is 0 Å². The molecule has 20 nitrogen and oxygen atoms in total. The molecule has 7 rings (SSSR count). The zero-order valence-electron chi connectivity index (χ0n) is 23.1. The number of pyridine rings is 1. The molecule has 4 aromatic heterocycles. The third kappa shape index (κ3) is 5.49. The highest BCUT2D eigenvalue weighted by atomic mass is 31.2. The Labute approximate surface area is 254 Å². The summed E-state index contributed by atoms with van der Waals surface area (Å²) in [5.74, 6) is -0.309. The zero-order chi connectivity index (χ0) is 32.5. The molecule has 10 atom stereocenters. The van der Waals surface area contributed by atoms with Crippen molar-refractivity contribution < 1.29 is 55.7 Å². The Morgan fingerprint density at radius 1 is 0.891 bits per heavy atom. The number of anilines is 2. The number of aromatic nitrogens is 7. The molecule has 0 radical (unpaired) electrons. The lowest BCUT2D eigenvalue weighted by Crippen LogP contribution is -2.35. The van der Waals surface area contributed by atoms with Crippen molar-refractivity contribution in [2.24, 2.45) is 0 Å². The van der Waals surface area contributed by atoms with Crippen molar-refractivity contribution in [3.63, 3.8) is 0 Å². The molecular weight excluding hydrogens is 666 g/mol. The maximum atomic E-state index is 15.9. The highest BCUT2D eigenvalue weighted by molar-refractivity contribution is 7.53. The first-order valence-corrected chi connectivity index (χ1v) is 17.0. The Balaban J connectivity index is 1.20. The van der Waals surface area contributed by atoms with Gasteiger partial charge in [-0.2, -0.15) is 4.98 Å². The Bertz CT molecular complexity index is 1960. The van der Waals surface area contributed by atoms with Crippen LogP contribution in [0.25, 0.3) is 22.3 Å². The molecule has 0 aromatic carbocycles. The SMILES string of the molecule is Nc1nc2c(ncn2[C@@H]2O[C@@H]3OCCP(=O)(O)OC4[C@@H](OCP(=O)(O)O[C@H]2C3F)O[C@@H](n2cnc3c(N)ccnc32)[C@H]4F)c(=O)[nH]1. The van der Waals surface area contributed by atoms with E-state index < -0.39 is 89.5 Å². The second-order valence-corrected chi connectivity index (χ2v) is 14.2. The van der Waals surface area contributed by atoms with E-state index in [1.54, 1.807) is 0 Å². The van der Waals surface area contributed by atoms with Gasteiger partial charge in [0.25, 0.3) is 5.56 Å². The summed E-state index contributed by atoms with van der Waals surface area (Å²) < 4.78 is 92.7. The van der Waals surface area contributed by atoms with Crippen LogP contribution in [0.5, 0.6) is 0 Å². The molecule has 2 bridgehead atoms. The van der Waals surface area contributed by atoms with Crippen LogP contribution in [0.2, 0.25) is 0 Å². The first kappa shape index (κ1) is 31.2. The summed E-state index contributed by atoms with van der Waals surface area (Å²) in [7, 11) is -9.69. The number of rotatable bonds is 2. The topological polar surface area (TPSA) is 276 Å². The summed E-state index contributed by atoms with van der Waals surface area (Å²) >= 11 is 0. The van der Waals surface area contributed by atoms with Crippen LogP contribution in [-0.2, 0) is 37.1 Å². The molecule has 24 heteroatoms. The van der Waals surface area contributed by atoms with E-state index in [4.69, 9.17) is 39.5 Å². The van der Waals surface area contributed by atoms with E-state index in [1.165, 1.54) is 18.6 Å². The van der Waals surface area contributed by atoms with Gasteiger partial charge in [-0.1, -0.05) is 0 Å². The average molecular weight is 691 g/mol. The Morgan fingerprint density at radius 2 is 1.59 bits per heavy atom. The minimum Gasteiger partial charge on any atom is -0.397 e. The van der Waals surface area contributed by atoms with E-state index >= 15 is 8.78 Å². The van der Waals surface area contributed by atoms with Crippen LogP contribution in [0.1, 0.15) is 12.5 Å². The molecule has 248 valence electrons. The molecule has 46 heavy (non-hydrogen) atoms.